The molecule has 1 aliphatic rings. The van der Waals surface area contributed by atoms with E-state index >= 15 is 0 Å². The predicted octanol–water partition coefficient (Wildman–Crippen LogP) is 3.54. The Balaban J connectivity index is 1.77. The second-order valence-electron chi connectivity index (χ2n) is 8.68. The Kier molecular flexibility index (Phi) is 10.5. The topological polar surface area (TPSA) is 95.9 Å². The highest BCUT2D eigenvalue weighted by Gasteiger charge is 2.27. The van der Waals surface area contributed by atoms with Crippen LogP contribution >= 0.6 is 0 Å². The van der Waals surface area contributed by atoms with Crippen molar-refractivity contribution in [2.45, 2.75) is 44.7 Å². The molecule has 0 radical (unpaired) electrons. The highest BCUT2D eigenvalue weighted by molar-refractivity contribution is 5.86. The number of nitrogens with one attached hydrogen (secondary N) is 1. The van der Waals surface area contributed by atoms with Crippen LogP contribution in [-0.2, 0) is 25.7 Å². The van der Waals surface area contributed by atoms with Crippen LogP contribution in [0.3, 0.4) is 0 Å². The van der Waals surface area contributed by atoms with Crippen molar-refractivity contribution in [2.75, 3.05) is 19.8 Å². The molecule has 0 saturated heterocycles. The van der Waals surface area contributed by atoms with Crippen LogP contribution in [0.15, 0.2) is 72.8 Å². The summed E-state index contributed by atoms with van der Waals surface area (Å²) in [7, 11) is 0. The van der Waals surface area contributed by atoms with Gasteiger partial charge in [0.1, 0.15) is 6.61 Å². The fourth-order valence-corrected chi connectivity index (χ4v) is 4.03. The Morgan fingerprint density at radius 1 is 1.03 bits per heavy atom. The van der Waals surface area contributed by atoms with Crippen molar-refractivity contribution in [3.05, 3.63) is 83.9 Å². The monoisotopic (exact) mass is 478 g/mol. The fraction of sp³-hybridized carbons (Fsp3) is 0.393. The number of cyclic esters (lactones) is 1. The summed E-state index contributed by atoms with van der Waals surface area (Å²) in [5, 5.41) is 12.5. The maximum Gasteiger partial charge on any atom is 0.305 e. The first kappa shape index (κ1) is 26.2. The number of hydrogen-bond acceptors (Lipinski definition) is 5. The maximum atomic E-state index is 13.4. The van der Waals surface area contributed by atoms with Gasteiger partial charge < -0.3 is 20.1 Å². The molecule has 1 heterocycles. The lowest BCUT2D eigenvalue weighted by Gasteiger charge is -2.26. The Morgan fingerprint density at radius 3 is 2.46 bits per heavy atom. The molecule has 0 saturated carbocycles. The first-order valence-electron chi connectivity index (χ1n) is 12.2. The Morgan fingerprint density at radius 2 is 1.74 bits per heavy atom. The van der Waals surface area contributed by atoms with E-state index in [1.807, 2.05) is 72.8 Å². The van der Waals surface area contributed by atoms with Crippen molar-refractivity contribution in [1.82, 2.24) is 10.2 Å². The zero-order valence-electron chi connectivity index (χ0n) is 20.0. The van der Waals surface area contributed by atoms with E-state index in [1.165, 1.54) is 0 Å². The molecule has 2 amide bonds. The molecule has 2 N–H and O–H groups in total. The molecule has 0 aromatic heterocycles. The van der Waals surface area contributed by atoms with Crippen molar-refractivity contribution >= 4 is 17.8 Å². The summed E-state index contributed by atoms with van der Waals surface area (Å²) in [4.78, 5) is 40.3. The van der Waals surface area contributed by atoms with E-state index in [0.717, 1.165) is 11.1 Å². The molecule has 0 fully saturated rings. The number of carbonyl (C=O) groups excluding carboxylic acids is 3. The molecule has 2 aromatic carbocycles. The van der Waals surface area contributed by atoms with E-state index in [-0.39, 0.29) is 44.0 Å². The average molecular weight is 479 g/mol. The van der Waals surface area contributed by atoms with Crippen molar-refractivity contribution in [3.8, 4) is 0 Å². The van der Waals surface area contributed by atoms with Gasteiger partial charge in [0, 0.05) is 25.9 Å². The summed E-state index contributed by atoms with van der Waals surface area (Å²) < 4.78 is 5.44. The minimum Gasteiger partial charge on any atom is -0.463 e. The van der Waals surface area contributed by atoms with Gasteiger partial charge in [0.25, 0.3) is 0 Å². The lowest BCUT2D eigenvalue weighted by molar-refractivity contribution is -0.145. The summed E-state index contributed by atoms with van der Waals surface area (Å²) in [5.41, 5.74) is 1.79. The molecule has 7 nitrogen and oxygen atoms in total. The number of rotatable bonds is 7. The number of hydrogen-bond donors (Lipinski definition) is 2. The number of amides is 2. The van der Waals surface area contributed by atoms with Crippen molar-refractivity contribution in [1.29, 1.82) is 0 Å². The summed E-state index contributed by atoms with van der Waals surface area (Å²) in [6, 6.07) is 18.4. The summed E-state index contributed by atoms with van der Waals surface area (Å²) >= 11 is 0. The van der Waals surface area contributed by atoms with E-state index in [4.69, 9.17) is 4.74 Å². The molecule has 7 heteroatoms. The number of allylic oxidation sites excluding steroid dienone is 2. The van der Waals surface area contributed by atoms with Gasteiger partial charge in [0.05, 0.1) is 18.6 Å². The lowest BCUT2D eigenvalue weighted by atomic mass is 9.97. The van der Waals surface area contributed by atoms with Crippen LogP contribution in [0, 0.1) is 5.92 Å². The minimum absolute atomic E-state index is 0.0182. The standard InChI is InChI=1S/C28H34N2O5/c31-18-17-30(20-22-11-5-3-6-12-22)26(32)19-24-15-7-1-2-10-16-27(33)35-21-25(29-28(24)34)23-13-8-4-9-14-23/h1,3-9,11-14,24-25,31H,2,10,15-21H2,(H,29,34)/t24-,25-/m1/s1. The molecule has 2 aromatic rings. The Labute approximate surface area is 206 Å². The second-order valence-corrected chi connectivity index (χ2v) is 8.68. The molecule has 0 bridgehead atoms. The first-order chi connectivity index (χ1) is 17.1. The third kappa shape index (κ3) is 8.68. The normalized spacial score (nSPS) is 19.5. The molecular formula is C28H34N2O5. The van der Waals surface area contributed by atoms with E-state index in [2.05, 4.69) is 5.32 Å². The van der Waals surface area contributed by atoms with Crippen LogP contribution in [0.5, 0.6) is 0 Å². The van der Waals surface area contributed by atoms with Crippen molar-refractivity contribution in [3.63, 3.8) is 0 Å². The third-order valence-corrected chi connectivity index (χ3v) is 6.00. The number of nitrogens with zero attached hydrogens (tertiary/aromatic N) is 1. The summed E-state index contributed by atoms with van der Waals surface area (Å²) in [6.45, 7) is 0.442. The molecule has 0 unspecified atom stereocenters. The van der Waals surface area contributed by atoms with E-state index in [1.54, 1.807) is 4.90 Å². The number of benzene rings is 2. The number of aliphatic hydroxyl groups is 1. The van der Waals surface area contributed by atoms with Gasteiger partial charge in [0.15, 0.2) is 0 Å². The molecule has 186 valence electrons. The third-order valence-electron chi connectivity index (χ3n) is 6.00. The molecule has 2 atom stereocenters. The van der Waals surface area contributed by atoms with Gasteiger partial charge in [-0.25, -0.2) is 0 Å². The quantitative estimate of drug-likeness (QED) is 0.469. The second kappa shape index (κ2) is 14.1. The SMILES string of the molecule is O=C1CCCC=CC[C@H](CC(=O)N(CCO)Cc2ccccc2)C(=O)N[C@@H](c2ccccc2)CO1. The van der Waals surface area contributed by atoms with E-state index in [9.17, 15) is 19.5 Å². The molecule has 35 heavy (non-hydrogen) atoms. The Bertz CT molecular complexity index is 977. The van der Waals surface area contributed by atoms with Crippen LogP contribution in [0.4, 0.5) is 0 Å². The minimum atomic E-state index is -0.585. The van der Waals surface area contributed by atoms with Gasteiger partial charge in [-0.2, -0.15) is 0 Å². The molecular weight excluding hydrogens is 444 g/mol. The van der Waals surface area contributed by atoms with Gasteiger partial charge in [-0.3, -0.25) is 14.4 Å². The van der Waals surface area contributed by atoms with Gasteiger partial charge in [-0.15, -0.1) is 0 Å². The smallest absolute Gasteiger partial charge is 0.305 e. The number of carbonyl (C=O) groups is 3. The highest BCUT2D eigenvalue weighted by Crippen LogP contribution is 2.20. The van der Waals surface area contributed by atoms with Crippen LogP contribution in [0.25, 0.3) is 0 Å². The molecule has 0 aliphatic carbocycles. The van der Waals surface area contributed by atoms with Gasteiger partial charge in [0.2, 0.25) is 11.8 Å². The van der Waals surface area contributed by atoms with E-state index < -0.39 is 12.0 Å². The zero-order valence-corrected chi connectivity index (χ0v) is 20.0. The van der Waals surface area contributed by atoms with Crippen LogP contribution < -0.4 is 5.32 Å². The van der Waals surface area contributed by atoms with Crippen LogP contribution in [-0.4, -0.2) is 47.5 Å². The predicted molar refractivity (Wildman–Crippen MR) is 133 cm³/mol. The maximum absolute atomic E-state index is 13.4. The lowest BCUT2D eigenvalue weighted by Crippen LogP contribution is -2.40. The van der Waals surface area contributed by atoms with Gasteiger partial charge >= 0.3 is 5.97 Å². The highest BCUT2D eigenvalue weighted by atomic mass is 16.5. The number of aliphatic hydroxyl groups excluding tert-OH is 1. The largest absolute Gasteiger partial charge is 0.463 e. The average Bonchev–Trinajstić information content (AvgIpc) is 2.89. The van der Waals surface area contributed by atoms with E-state index in [0.29, 0.717) is 32.2 Å². The van der Waals surface area contributed by atoms with Crippen LogP contribution in [0.2, 0.25) is 0 Å². The molecule has 1 aliphatic heterocycles. The Hall–Kier alpha value is -3.45. The van der Waals surface area contributed by atoms with Crippen molar-refractivity contribution < 1.29 is 24.2 Å². The molecule has 0 spiro atoms. The summed E-state index contributed by atoms with van der Waals surface area (Å²) in [5.74, 6) is -1.34. The number of ether oxygens (including phenoxy) is 1. The zero-order chi connectivity index (χ0) is 24.9. The fourth-order valence-electron chi connectivity index (χ4n) is 4.03. The van der Waals surface area contributed by atoms with Gasteiger partial charge in [-0.05, 0) is 30.4 Å². The first-order valence-corrected chi connectivity index (χ1v) is 12.2. The number of esters is 1. The van der Waals surface area contributed by atoms with Gasteiger partial charge in [-0.1, -0.05) is 72.8 Å². The van der Waals surface area contributed by atoms with Crippen LogP contribution in [0.1, 0.15) is 49.3 Å². The summed E-state index contributed by atoms with van der Waals surface area (Å²) in [6.07, 6.45) is 5.96. The molecule has 3 rings (SSSR count). The van der Waals surface area contributed by atoms with Crippen molar-refractivity contribution in [2.24, 2.45) is 5.92 Å².